The first-order valence-electron chi connectivity index (χ1n) is 4.54. The molecule has 1 aromatic rings. The Bertz CT molecular complexity index is 325. The van der Waals surface area contributed by atoms with E-state index >= 15 is 0 Å². The number of nitrogens with zero attached hydrogens (tertiary/aromatic N) is 2. The molecular formula is C9H15ClN4. The zero-order valence-corrected chi connectivity index (χ0v) is 9.39. The smallest absolute Gasteiger partial charge is 0.224 e. The normalized spacial score (nSPS) is 10.6. The van der Waals surface area contributed by atoms with Gasteiger partial charge in [-0.3, -0.25) is 0 Å². The van der Waals surface area contributed by atoms with Gasteiger partial charge < -0.3 is 11.1 Å². The average molecular weight is 215 g/mol. The number of aromatic nitrogens is 2. The van der Waals surface area contributed by atoms with Crippen LogP contribution in [0.25, 0.3) is 0 Å². The lowest BCUT2D eigenvalue weighted by Crippen LogP contribution is -2.12. The second kappa shape index (κ2) is 4.46. The zero-order valence-electron chi connectivity index (χ0n) is 8.63. The first kappa shape index (κ1) is 11.0. The van der Waals surface area contributed by atoms with Gasteiger partial charge in [-0.1, -0.05) is 13.8 Å². The molecular weight excluding hydrogens is 200 g/mol. The van der Waals surface area contributed by atoms with E-state index in [9.17, 15) is 0 Å². The van der Waals surface area contributed by atoms with Crippen molar-refractivity contribution in [1.82, 2.24) is 9.97 Å². The molecule has 0 unspecified atom stereocenters. The first-order chi connectivity index (χ1) is 6.50. The topological polar surface area (TPSA) is 63.8 Å². The Hall–Kier alpha value is -1.03. The number of hydrogen-bond donors (Lipinski definition) is 2. The third-order valence-corrected chi connectivity index (χ3v) is 1.96. The fourth-order valence-corrected chi connectivity index (χ4v) is 1.19. The summed E-state index contributed by atoms with van der Waals surface area (Å²) in [5.74, 6) is 1.15. The summed E-state index contributed by atoms with van der Waals surface area (Å²) >= 11 is 5.72. The number of nitrogens with two attached hydrogens (primary N) is 1. The Balaban J connectivity index is 2.85. The van der Waals surface area contributed by atoms with Gasteiger partial charge in [0, 0.05) is 6.54 Å². The van der Waals surface area contributed by atoms with E-state index in [1.165, 1.54) is 0 Å². The summed E-state index contributed by atoms with van der Waals surface area (Å²) in [6.07, 6.45) is 0. The minimum atomic E-state index is 0.225. The molecule has 0 amide bonds. The number of nitrogens with one attached hydrogen (secondary N) is 1. The van der Waals surface area contributed by atoms with Crippen LogP contribution in [-0.2, 0) is 0 Å². The van der Waals surface area contributed by atoms with Crippen molar-refractivity contribution in [2.45, 2.75) is 20.8 Å². The highest BCUT2D eigenvalue weighted by Crippen LogP contribution is 2.20. The largest absolute Gasteiger partial charge is 0.394 e. The first-order valence-corrected chi connectivity index (χ1v) is 4.92. The van der Waals surface area contributed by atoms with Crippen LogP contribution in [0.4, 0.5) is 11.5 Å². The molecule has 1 rings (SSSR count). The molecule has 0 radical (unpaired) electrons. The average Bonchev–Trinajstić information content (AvgIpc) is 2.08. The summed E-state index contributed by atoms with van der Waals surface area (Å²) in [4.78, 5) is 7.97. The summed E-state index contributed by atoms with van der Waals surface area (Å²) in [5.41, 5.74) is 7.06. The fourth-order valence-electron chi connectivity index (χ4n) is 0.983. The van der Waals surface area contributed by atoms with Crippen LogP contribution in [0.15, 0.2) is 0 Å². The van der Waals surface area contributed by atoms with Gasteiger partial charge in [0.05, 0.1) is 11.4 Å². The van der Waals surface area contributed by atoms with Gasteiger partial charge in [0.15, 0.2) is 5.82 Å². The van der Waals surface area contributed by atoms with E-state index in [4.69, 9.17) is 17.3 Å². The minimum Gasteiger partial charge on any atom is -0.394 e. The molecule has 0 atom stereocenters. The zero-order chi connectivity index (χ0) is 10.7. The number of aryl methyl sites for hydroxylation is 1. The molecule has 1 aromatic heterocycles. The van der Waals surface area contributed by atoms with Crippen LogP contribution < -0.4 is 11.1 Å². The van der Waals surface area contributed by atoms with E-state index in [1.807, 2.05) is 6.92 Å². The Labute approximate surface area is 88.9 Å². The molecule has 1 heterocycles. The lowest BCUT2D eigenvalue weighted by molar-refractivity contribution is 0.687. The van der Waals surface area contributed by atoms with Crippen molar-refractivity contribution in [2.75, 3.05) is 17.6 Å². The molecule has 0 aromatic carbocycles. The van der Waals surface area contributed by atoms with Gasteiger partial charge in [0.1, 0.15) is 0 Å². The van der Waals surface area contributed by atoms with E-state index in [1.54, 1.807) is 0 Å². The summed E-state index contributed by atoms with van der Waals surface area (Å²) < 4.78 is 0. The van der Waals surface area contributed by atoms with E-state index in [-0.39, 0.29) is 5.28 Å². The van der Waals surface area contributed by atoms with Gasteiger partial charge in [-0.05, 0) is 24.4 Å². The summed E-state index contributed by atoms with van der Waals surface area (Å²) in [6.45, 7) is 6.85. The number of anilines is 2. The third kappa shape index (κ3) is 2.73. The molecule has 14 heavy (non-hydrogen) atoms. The predicted molar refractivity (Wildman–Crippen MR) is 59.5 cm³/mol. The van der Waals surface area contributed by atoms with Crippen molar-refractivity contribution in [2.24, 2.45) is 5.92 Å². The van der Waals surface area contributed by atoms with Crippen molar-refractivity contribution in [3.8, 4) is 0 Å². The molecule has 78 valence electrons. The van der Waals surface area contributed by atoms with Gasteiger partial charge in [-0.25, -0.2) is 4.98 Å². The van der Waals surface area contributed by atoms with Crippen molar-refractivity contribution in [3.63, 3.8) is 0 Å². The molecule has 4 nitrogen and oxygen atoms in total. The van der Waals surface area contributed by atoms with Crippen LogP contribution in [0, 0.1) is 12.8 Å². The van der Waals surface area contributed by atoms with Crippen molar-refractivity contribution >= 4 is 23.1 Å². The van der Waals surface area contributed by atoms with E-state index in [2.05, 4.69) is 29.1 Å². The number of halogens is 1. The van der Waals surface area contributed by atoms with Crippen LogP contribution in [0.2, 0.25) is 5.28 Å². The van der Waals surface area contributed by atoms with Gasteiger partial charge in [0.25, 0.3) is 0 Å². The highest BCUT2D eigenvalue weighted by Gasteiger charge is 2.07. The summed E-state index contributed by atoms with van der Waals surface area (Å²) in [7, 11) is 0. The van der Waals surface area contributed by atoms with Gasteiger partial charge in [0.2, 0.25) is 5.28 Å². The van der Waals surface area contributed by atoms with E-state index < -0.39 is 0 Å². The Kier molecular flexibility index (Phi) is 3.52. The maximum absolute atomic E-state index is 5.79. The van der Waals surface area contributed by atoms with Gasteiger partial charge in [-0.2, -0.15) is 4.98 Å². The van der Waals surface area contributed by atoms with Crippen LogP contribution >= 0.6 is 11.6 Å². The molecule has 0 aliphatic carbocycles. The standard InChI is InChI=1S/C9H15ClN4/c1-5(2)4-12-8-7(11)6(3)13-9(10)14-8/h5H,4,11H2,1-3H3,(H,12,13,14). The highest BCUT2D eigenvalue weighted by atomic mass is 35.5. The van der Waals surface area contributed by atoms with Crippen LogP contribution in [-0.4, -0.2) is 16.5 Å². The van der Waals surface area contributed by atoms with E-state index in [0.29, 0.717) is 23.1 Å². The maximum Gasteiger partial charge on any atom is 0.224 e. The monoisotopic (exact) mass is 214 g/mol. The molecule has 0 aliphatic rings. The Morgan fingerprint density at radius 3 is 2.64 bits per heavy atom. The molecule has 3 N–H and O–H groups in total. The van der Waals surface area contributed by atoms with Crippen LogP contribution in [0.1, 0.15) is 19.5 Å². The summed E-state index contributed by atoms with van der Waals surface area (Å²) in [5, 5.41) is 3.36. The number of hydrogen-bond acceptors (Lipinski definition) is 4. The molecule has 0 saturated heterocycles. The van der Waals surface area contributed by atoms with E-state index in [0.717, 1.165) is 6.54 Å². The Morgan fingerprint density at radius 1 is 1.43 bits per heavy atom. The molecule has 0 spiro atoms. The minimum absolute atomic E-state index is 0.225. The molecule has 0 aliphatic heterocycles. The lowest BCUT2D eigenvalue weighted by atomic mass is 10.2. The third-order valence-electron chi connectivity index (χ3n) is 1.79. The van der Waals surface area contributed by atoms with Crippen molar-refractivity contribution < 1.29 is 0 Å². The summed E-state index contributed by atoms with van der Waals surface area (Å²) in [6, 6.07) is 0. The highest BCUT2D eigenvalue weighted by molar-refractivity contribution is 6.28. The molecule has 0 fully saturated rings. The second-order valence-corrected chi connectivity index (χ2v) is 3.95. The van der Waals surface area contributed by atoms with Gasteiger partial charge in [-0.15, -0.1) is 0 Å². The van der Waals surface area contributed by atoms with Gasteiger partial charge >= 0.3 is 0 Å². The number of rotatable bonds is 3. The van der Waals surface area contributed by atoms with Crippen molar-refractivity contribution in [1.29, 1.82) is 0 Å². The fraction of sp³-hybridized carbons (Fsp3) is 0.556. The predicted octanol–water partition coefficient (Wildman–Crippen LogP) is 2.09. The molecule has 0 bridgehead atoms. The molecule has 0 saturated carbocycles. The SMILES string of the molecule is Cc1nc(Cl)nc(NCC(C)C)c1N. The van der Waals surface area contributed by atoms with Crippen LogP contribution in [0.3, 0.4) is 0 Å². The lowest BCUT2D eigenvalue weighted by Gasteiger charge is -2.11. The Morgan fingerprint density at radius 2 is 2.07 bits per heavy atom. The molecule has 5 heteroatoms. The number of nitrogen functional groups attached to an aromatic ring is 1. The quantitative estimate of drug-likeness (QED) is 0.757. The maximum atomic E-state index is 5.79. The second-order valence-electron chi connectivity index (χ2n) is 3.62. The van der Waals surface area contributed by atoms with Crippen molar-refractivity contribution in [3.05, 3.63) is 11.0 Å². The van der Waals surface area contributed by atoms with Crippen LogP contribution in [0.5, 0.6) is 0 Å².